The van der Waals surface area contributed by atoms with Crippen LogP contribution < -0.4 is 0 Å². The molecule has 0 saturated heterocycles. The topological polar surface area (TPSA) is 37.3 Å². The van der Waals surface area contributed by atoms with Gasteiger partial charge < -0.3 is 5.11 Å². The lowest BCUT2D eigenvalue weighted by Gasteiger charge is -2.28. The Morgan fingerprint density at radius 3 is 2.00 bits per heavy atom. The Kier molecular flexibility index (Phi) is 1.51. The van der Waals surface area contributed by atoms with E-state index in [9.17, 15) is 4.79 Å². The average Bonchev–Trinajstić information content (AvgIpc) is 2.42. The molecular weight excluding hydrogens is 152 g/mol. The predicted octanol–water partition coefficient (Wildman–Crippen LogP) is 2.14. The van der Waals surface area contributed by atoms with Crippen molar-refractivity contribution in [1.82, 2.24) is 0 Å². The van der Waals surface area contributed by atoms with E-state index in [0.29, 0.717) is 17.8 Å². The highest BCUT2D eigenvalue weighted by Gasteiger charge is 2.56. The monoisotopic (exact) mass is 168 g/mol. The molecule has 0 spiro atoms. The maximum Gasteiger partial charge on any atom is 0.309 e. The van der Waals surface area contributed by atoms with E-state index in [0.717, 1.165) is 19.3 Å². The molecule has 1 N–H and O–H groups in total. The van der Waals surface area contributed by atoms with E-state index in [1.54, 1.807) is 0 Å². The molecule has 0 aromatic heterocycles. The zero-order valence-corrected chi connectivity index (χ0v) is 7.71. The van der Waals surface area contributed by atoms with E-state index in [1.165, 1.54) is 0 Å². The Balaban J connectivity index is 2.27. The number of hydrogen-bond donors (Lipinski definition) is 1. The number of aliphatic carboxylic acids is 1. The van der Waals surface area contributed by atoms with Crippen molar-refractivity contribution >= 4 is 5.97 Å². The van der Waals surface area contributed by atoms with Crippen LogP contribution in [0.3, 0.4) is 0 Å². The van der Waals surface area contributed by atoms with Gasteiger partial charge in [0.2, 0.25) is 0 Å². The molecule has 12 heavy (non-hydrogen) atoms. The highest BCUT2D eigenvalue weighted by Crippen LogP contribution is 2.59. The number of rotatable bonds is 1. The van der Waals surface area contributed by atoms with E-state index in [2.05, 4.69) is 13.8 Å². The lowest BCUT2D eigenvalue weighted by molar-refractivity contribution is -0.149. The Morgan fingerprint density at radius 2 is 1.75 bits per heavy atom. The lowest BCUT2D eigenvalue weighted by atomic mass is 9.76. The Hall–Kier alpha value is -0.530. The van der Waals surface area contributed by atoms with Crippen LogP contribution in [-0.2, 0) is 4.79 Å². The van der Waals surface area contributed by atoms with Gasteiger partial charge in [-0.3, -0.25) is 4.79 Å². The summed E-state index contributed by atoms with van der Waals surface area (Å²) in [7, 11) is 0. The summed E-state index contributed by atoms with van der Waals surface area (Å²) < 4.78 is 0. The first kappa shape index (κ1) is 8.09. The molecule has 0 radical (unpaired) electrons. The van der Waals surface area contributed by atoms with Gasteiger partial charge in [0.15, 0.2) is 0 Å². The molecule has 2 saturated carbocycles. The van der Waals surface area contributed by atoms with Gasteiger partial charge in [0, 0.05) is 0 Å². The predicted molar refractivity (Wildman–Crippen MR) is 45.7 cm³/mol. The minimum atomic E-state index is -0.554. The molecule has 2 nitrogen and oxygen atoms in total. The van der Waals surface area contributed by atoms with Crippen LogP contribution in [0.4, 0.5) is 0 Å². The Bertz CT molecular complexity index is 210. The second-order valence-electron chi connectivity index (χ2n) is 4.82. The number of hydrogen-bond acceptors (Lipinski definition) is 1. The molecular formula is C10H16O2. The van der Waals surface area contributed by atoms with Crippen LogP contribution in [0.15, 0.2) is 0 Å². The molecule has 0 aliphatic heterocycles. The van der Waals surface area contributed by atoms with E-state index >= 15 is 0 Å². The standard InChI is InChI=1S/C10H16O2/c1-6-3-10(9(11)12)4-7(2)8(6)5-10/h6-8H,3-5H2,1-2H3,(H,11,12). The van der Waals surface area contributed by atoms with Gasteiger partial charge in [-0.2, -0.15) is 0 Å². The summed E-state index contributed by atoms with van der Waals surface area (Å²) in [6, 6.07) is 0. The Morgan fingerprint density at radius 1 is 1.25 bits per heavy atom. The number of carboxylic acids is 1. The first-order valence-corrected chi connectivity index (χ1v) is 4.78. The smallest absolute Gasteiger partial charge is 0.309 e. The SMILES string of the molecule is CC1CC2(C(=O)O)CC(C)C1C2. The van der Waals surface area contributed by atoms with Gasteiger partial charge in [0.25, 0.3) is 0 Å². The van der Waals surface area contributed by atoms with Crippen LogP contribution in [0.25, 0.3) is 0 Å². The molecule has 2 atom stereocenters. The summed E-state index contributed by atoms with van der Waals surface area (Å²) in [5, 5.41) is 9.13. The van der Waals surface area contributed by atoms with Gasteiger partial charge >= 0.3 is 5.97 Å². The van der Waals surface area contributed by atoms with Crippen molar-refractivity contribution in [3.63, 3.8) is 0 Å². The fourth-order valence-electron chi connectivity index (χ4n) is 3.46. The second-order valence-corrected chi connectivity index (χ2v) is 4.82. The van der Waals surface area contributed by atoms with Gasteiger partial charge in [-0.05, 0) is 37.0 Å². The maximum atomic E-state index is 11.1. The Labute approximate surface area is 73.0 Å². The van der Waals surface area contributed by atoms with E-state index in [1.807, 2.05) is 0 Å². The highest BCUT2D eigenvalue weighted by molar-refractivity contribution is 5.75. The summed E-state index contributed by atoms with van der Waals surface area (Å²) in [4.78, 5) is 11.1. The van der Waals surface area contributed by atoms with Crippen LogP contribution in [0.2, 0.25) is 0 Å². The van der Waals surface area contributed by atoms with Crippen LogP contribution in [-0.4, -0.2) is 11.1 Å². The van der Waals surface area contributed by atoms with E-state index in [-0.39, 0.29) is 5.41 Å². The number of carbonyl (C=O) groups is 1. The van der Waals surface area contributed by atoms with E-state index in [4.69, 9.17) is 5.11 Å². The van der Waals surface area contributed by atoms with Crippen LogP contribution in [0, 0.1) is 23.2 Å². The first-order valence-electron chi connectivity index (χ1n) is 4.78. The maximum absolute atomic E-state index is 11.1. The fourth-order valence-corrected chi connectivity index (χ4v) is 3.46. The summed E-state index contributed by atoms with van der Waals surface area (Å²) in [5.41, 5.74) is -0.330. The molecule has 2 heteroatoms. The van der Waals surface area contributed by atoms with E-state index < -0.39 is 5.97 Å². The number of fused-ring (bicyclic) bond motifs is 2. The third kappa shape index (κ3) is 0.838. The molecule has 2 aliphatic carbocycles. The summed E-state index contributed by atoms with van der Waals surface area (Å²) in [6.07, 6.45) is 2.76. The molecule has 2 unspecified atom stereocenters. The molecule has 2 bridgehead atoms. The highest BCUT2D eigenvalue weighted by atomic mass is 16.4. The third-order valence-electron chi connectivity index (χ3n) is 3.97. The fraction of sp³-hybridized carbons (Fsp3) is 0.900. The lowest BCUT2D eigenvalue weighted by Crippen LogP contribution is -2.29. The average molecular weight is 168 g/mol. The first-order chi connectivity index (χ1) is 5.55. The van der Waals surface area contributed by atoms with Crippen molar-refractivity contribution in [3.8, 4) is 0 Å². The summed E-state index contributed by atoms with van der Waals surface area (Å²) in [5.74, 6) is 1.39. The van der Waals surface area contributed by atoms with Gasteiger partial charge in [-0.15, -0.1) is 0 Å². The second kappa shape index (κ2) is 2.24. The minimum Gasteiger partial charge on any atom is -0.481 e. The number of carboxylic acid groups (broad SMARTS) is 1. The molecule has 68 valence electrons. The zero-order chi connectivity index (χ0) is 8.93. The molecule has 0 aromatic carbocycles. The molecule has 2 rings (SSSR count). The third-order valence-corrected chi connectivity index (χ3v) is 3.97. The largest absolute Gasteiger partial charge is 0.481 e. The van der Waals surface area contributed by atoms with Crippen molar-refractivity contribution in [3.05, 3.63) is 0 Å². The van der Waals surface area contributed by atoms with Crippen molar-refractivity contribution in [2.24, 2.45) is 23.2 Å². The van der Waals surface area contributed by atoms with Crippen molar-refractivity contribution in [2.45, 2.75) is 33.1 Å². The van der Waals surface area contributed by atoms with Crippen molar-refractivity contribution in [1.29, 1.82) is 0 Å². The zero-order valence-electron chi connectivity index (χ0n) is 7.71. The van der Waals surface area contributed by atoms with Gasteiger partial charge in [0.05, 0.1) is 5.41 Å². The van der Waals surface area contributed by atoms with Gasteiger partial charge in [-0.1, -0.05) is 13.8 Å². The normalized spacial score (nSPS) is 51.3. The molecule has 0 amide bonds. The quantitative estimate of drug-likeness (QED) is 0.651. The molecule has 2 fully saturated rings. The van der Waals surface area contributed by atoms with Crippen LogP contribution in [0.1, 0.15) is 33.1 Å². The minimum absolute atomic E-state index is 0.330. The summed E-state index contributed by atoms with van der Waals surface area (Å²) in [6.45, 7) is 4.40. The van der Waals surface area contributed by atoms with Gasteiger partial charge in [0.1, 0.15) is 0 Å². The molecule has 0 aromatic rings. The van der Waals surface area contributed by atoms with Crippen molar-refractivity contribution < 1.29 is 9.90 Å². The van der Waals surface area contributed by atoms with Crippen molar-refractivity contribution in [2.75, 3.05) is 0 Å². The van der Waals surface area contributed by atoms with Gasteiger partial charge in [-0.25, -0.2) is 0 Å². The molecule has 2 aliphatic rings. The summed E-state index contributed by atoms with van der Waals surface area (Å²) >= 11 is 0. The molecule has 0 heterocycles. The van der Waals surface area contributed by atoms with Crippen LogP contribution in [0.5, 0.6) is 0 Å². The van der Waals surface area contributed by atoms with Crippen LogP contribution >= 0.6 is 0 Å².